The maximum absolute atomic E-state index is 4.37. The Labute approximate surface area is 88.6 Å². The van der Waals surface area contributed by atoms with Crippen molar-refractivity contribution in [3.8, 4) is 0 Å². The SMILES string of the molecule is CC(C)[N-]CN1CCC1.[Y]. The van der Waals surface area contributed by atoms with Crippen LogP contribution in [0.2, 0.25) is 0 Å². The van der Waals surface area contributed by atoms with E-state index in [1.165, 1.54) is 19.5 Å². The molecule has 1 aliphatic rings. The molecule has 0 saturated carbocycles. The van der Waals surface area contributed by atoms with Crippen molar-refractivity contribution in [2.45, 2.75) is 26.3 Å². The molecule has 2 nitrogen and oxygen atoms in total. The predicted octanol–water partition coefficient (Wildman–Crippen LogP) is 1.43. The predicted molar refractivity (Wildman–Crippen MR) is 39.6 cm³/mol. The van der Waals surface area contributed by atoms with Gasteiger partial charge in [-0.25, -0.2) is 0 Å². The third-order valence-electron chi connectivity index (χ3n) is 1.60. The van der Waals surface area contributed by atoms with Gasteiger partial charge in [0.05, 0.1) is 0 Å². The number of rotatable bonds is 3. The second-order valence-electron chi connectivity index (χ2n) is 2.89. The van der Waals surface area contributed by atoms with Crippen molar-refractivity contribution < 1.29 is 32.7 Å². The standard InChI is InChI=1S/C7H15N2.Y/c1-7(2)8-6-9-4-3-5-9;/h7H,3-6H2,1-2H3;/q-1;. The van der Waals surface area contributed by atoms with Crippen LogP contribution in [0.4, 0.5) is 0 Å². The monoisotopic (exact) mass is 216 g/mol. The molecule has 0 unspecified atom stereocenters. The molecular formula is C7H15N2Y-. The van der Waals surface area contributed by atoms with E-state index in [9.17, 15) is 0 Å². The average molecular weight is 216 g/mol. The molecule has 0 aliphatic carbocycles. The summed E-state index contributed by atoms with van der Waals surface area (Å²) < 4.78 is 0. The third-order valence-corrected chi connectivity index (χ3v) is 1.60. The largest absolute Gasteiger partial charge is 0.648 e. The Bertz CT molecular complexity index is 81.7. The summed E-state index contributed by atoms with van der Waals surface area (Å²) in [4.78, 5) is 2.36. The van der Waals surface area contributed by atoms with E-state index in [-0.39, 0.29) is 32.7 Å². The Balaban J connectivity index is 0.000000810. The zero-order valence-electron chi connectivity index (χ0n) is 6.88. The molecule has 3 heteroatoms. The Morgan fingerprint density at radius 1 is 1.40 bits per heavy atom. The fourth-order valence-electron chi connectivity index (χ4n) is 0.802. The van der Waals surface area contributed by atoms with Gasteiger partial charge in [-0.3, -0.25) is 0 Å². The van der Waals surface area contributed by atoms with E-state index in [0.717, 1.165) is 6.67 Å². The minimum atomic E-state index is 0. The van der Waals surface area contributed by atoms with Gasteiger partial charge in [-0.15, -0.1) is 6.04 Å². The van der Waals surface area contributed by atoms with Crippen LogP contribution >= 0.6 is 0 Å². The van der Waals surface area contributed by atoms with Crippen molar-refractivity contribution in [3.05, 3.63) is 5.32 Å². The maximum Gasteiger partial charge on any atom is 0 e. The van der Waals surface area contributed by atoms with E-state index < -0.39 is 0 Å². The zero-order chi connectivity index (χ0) is 6.69. The van der Waals surface area contributed by atoms with E-state index >= 15 is 0 Å². The summed E-state index contributed by atoms with van der Waals surface area (Å²) in [6.45, 7) is 7.73. The number of hydrogen-bond donors (Lipinski definition) is 0. The van der Waals surface area contributed by atoms with Crippen molar-refractivity contribution in [1.29, 1.82) is 0 Å². The van der Waals surface area contributed by atoms with Gasteiger partial charge in [-0.1, -0.05) is 20.5 Å². The van der Waals surface area contributed by atoms with Gasteiger partial charge in [-0.05, 0) is 19.5 Å². The van der Waals surface area contributed by atoms with E-state index in [1.54, 1.807) is 0 Å². The van der Waals surface area contributed by atoms with Gasteiger partial charge in [0.2, 0.25) is 0 Å². The van der Waals surface area contributed by atoms with Crippen LogP contribution in [0.15, 0.2) is 0 Å². The van der Waals surface area contributed by atoms with E-state index in [4.69, 9.17) is 0 Å². The number of likely N-dealkylation sites (tertiary alicyclic amines) is 1. The Morgan fingerprint density at radius 3 is 2.30 bits per heavy atom. The van der Waals surface area contributed by atoms with Gasteiger partial charge in [0, 0.05) is 32.7 Å². The fraction of sp³-hybridized carbons (Fsp3) is 1.00. The first kappa shape index (κ1) is 11.0. The van der Waals surface area contributed by atoms with Crippen LogP contribution in [-0.2, 0) is 32.7 Å². The van der Waals surface area contributed by atoms with Crippen molar-refractivity contribution >= 4 is 0 Å². The minimum absolute atomic E-state index is 0. The summed E-state index contributed by atoms with van der Waals surface area (Å²) in [7, 11) is 0. The first-order chi connectivity index (χ1) is 4.29. The molecule has 0 bridgehead atoms. The van der Waals surface area contributed by atoms with Crippen LogP contribution in [0.3, 0.4) is 0 Å². The maximum atomic E-state index is 4.37. The molecule has 0 atom stereocenters. The third kappa shape index (κ3) is 4.02. The van der Waals surface area contributed by atoms with Crippen LogP contribution in [0.25, 0.3) is 5.32 Å². The molecule has 1 radical (unpaired) electrons. The number of nitrogens with zero attached hydrogens (tertiary/aromatic N) is 2. The summed E-state index contributed by atoms with van der Waals surface area (Å²) in [6.07, 6.45) is 1.37. The molecule has 0 aromatic rings. The molecule has 1 fully saturated rings. The smallest absolute Gasteiger partial charge is 0 e. The van der Waals surface area contributed by atoms with Crippen molar-refractivity contribution in [3.63, 3.8) is 0 Å². The quantitative estimate of drug-likeness (QED) is 0.697. The van der Waals surface area contributed by atoms with Gasteiger partial charge in [0.25, 0.3) is 0 Å². The summed E-state index contributed by atoms with van der Waals surface area (Å²) >= 11 is 0. The van der Waals surface area contributed by atoms with Crippen molar-refractivity contribution in [2.75, 3.05) is 19.8 Å². The molecule has 1 rings (SSSR count). The van der Waals surface area contributed by atoms with Crippen molar-refractivity contribution in [1.82, 2.24) is 4.90 Å². The summed E-state index contributed by atoms with van der Waals surface area (Å²) in [5, 5.41) is 4.37. The van der Waals surface area contributed by atoms with Crippen molar-refractivity contribution in [2.24, 2.45) is 0 Å². The summed E-state index contributed by atoms with van der Waals surface area (Å²) in [5.41, 5.74) is 0. The Hall–Kier alpha value is 1.02. The van der Waals surface area contributed by atoms with Gasteiger partial charge in [0.1, 0.15) is 0 Å². The Morgan fingerprint density at radius 2 is 2.00 bits per heavy atom. The first-order valence-corrected chi connectivity index (χ1v) is 3.68. The first-order valence-electron chi connectivity index (χ1n) is 3.68. The number of hydrogen-bond acceptors (Lipinski definition) is 1. The van der Waals surface area contributed by atoms with Crippen LogP contribution in [0.1, 0.15) is 20.3 Å². The van der Waals surface area contributed by atoms with E-state index in [2.05, 4.69) is 24.1 Å². The molecule has 0 spiro atoms. The van der Waals surface area contributed by atoms with Crippen LogP contribution in [-0.4, -0.2) is 30.7 Å². The molecule has 0 aromatic carbocycles. The molecule has 57 valence electrons. The van der Waals surface area contributed by atoms with Crippen LogP contribution in [0.5, 0.6) is 0 Å². The van der Waals surface area contributed by atoms with Crippen LogP contribution in [0, 0.1) is 0 Å². The molecule has 0 amide bonds. The Kier molecular flexibility index (Phi) is 6.22. The fourth-order valence-corrected chi connectivity index (χ4v) is 0.802. The van der Waals surface area contributed by atoms with E-state index in [1.807, 2.05) is 0 Å². The molecule has 10 heavy (non-hydrogen) atoms. The topological polar surface area (TPSA) is 17.3 Å². The zero-order valence-corrected chi connectivity index (χ0v) is 9.72. The second-order valence-corrected chi connectivity index (χ2v) is 2.89. The van der Waals surface area contributed by atoms with Gasteiger partial charge in [-0.2, -0.15) is 0 Å². The van der Waals surface area contributed by atoms with Gasteiger partial charge in [0.15, 0.2) is 0 Å². The average Bonchev–Trinajstić information content (AvgIpc) is 1.60. The summed E-state index contributed by atoms with van der Waals surface area (Å²) in [5.74, 6) is 0. The summed E-state index contributed by atoms with van der Waals surface area (Å²) in [6, 6.07) is 0.505. The molecule has 1 aliphatic heterocycles. The second kappa shape index (κ2) is 5.65. The normalized spacial score (nSPS) is 18.3. The van der Waals surface area contributed by atoms with Gasteiger partial charge >= 0.3 is 0 Å². The van der Waals surface area contributed by atoms with Gasteiger partial charge < -0.3 is 10.2 Å². The minimum Gasteiger partial charge on any atom is -0.648 e. The molecule has 1 heterocycles. The molecule has 0 N–H and O–H groups in total. The molecular weight excluding hydrogens is 201 g/mol. The van der Waals surface area contributed by atoms with Crippen LogP contribution < -0.4 is 0 Å². The molecule has 1 saturated heterocycles. The molecule has 0 aromatic heterocycles. The van der Waals surface area contributed by atoms with E-state index in [0.29, 0.717) is 6.04 Å².